The van der Waals surface area contributed by atoms with E-state index in [0.29, 0.717) is 5.52 Å². The lowest BCUT2D eigenvalue weighted by atomic mass is 10.1. The van der Waals surface area contributed by atoms with Crippen LogP contribution in [0.25, 0.3) is 16.6 Å². The summed E-state index contributed by atoms with van der Waals surface area (Å²) < 4.78 is 1.94. The maximum absolute atomic E-state index is 11.3. The number of aromatic carboxylic acids is 1. The van der Waals surface area contributed by atoms with E-state index in [1.807, 2.05) is 35.0 Å². The average Bonchev–Trinajstić information content (AvgIpc) is 2.94. The molecule has 0 aliphatic carbocycles. The number of pyridine rings is 1. The lowest BCUT2D eigenvalue weighted by Crippen LogP contribution is -2.06. The lowest BCUT2D eigenvalue weighted by molar-refractivity contribution is 0.0691. The maximum atomic E-state index is 11.3. The Morgan fingerprint density at radius 3 is 2.90 bits per heavy atom. The minimum absolute atomic E-state index is 0.0415. The van der Waals surface area contributed by atoms with Crippen molar-refractivity contribution in [3.05, 3.63) is 54.2 Å². The van der Waals surface area contributed by atoms with Crippen molar-refractivity contribution in [1.82, 2.24) is 14.5 Å². The van der Waals surface area contributed by atoms with E-state index in [0.717, 1.165) is 29.7 Å². The zero-order chi connectivity index (χ0) is 14.8. The number of para-hydroxylation sites is 1. The van der Waals surface area contributed by atoms with Crippen LogP contribution >= 0.6 is 0 Å². The van der Waals surface area contributed by atoms with Crippen LogP contribution in [0.5, 0.6) is 0 Å². The van der Waals surface area contributed by atoms with Gasteiger partial charge in [-0.1, -0.05) is 25.1 Å². The Morgan fingerprint density at radius 1 is 1.33 bits per heavy atom. The summed E-state index contributed by atoms with van der Waals surface area (Å²) in [6.45, 7) is 2.09. The summed E-state index contributed by atoms with van der Waals surface area (Å²) in [5, 5.41) is 10.2. The van der Waals surface area contributed by atoms with Crippen molar-refractivity contribution in [2.45, 2.75) is 19.8 Å². The molecular formula is C16H15N3O2. The number of carboxylic acids is 1. The van der Waals surface area contributed by atoms with Crippen LogP contribution in [0.15, 0.2) is 42.7 Å². The van der Waals surface area contributed by atoms with Crippen molar-refractivity contribution in [2.75, 3.05) is 0 Å². The highest BCUT2D eigenvalue weighted by molar-refractivity contribution is 5.94. The van der Waals surface area contributed by atoms with Gasteiger partial charge in [-0.2, -0.15) is 0 Å². The molecule has 21 heavy (non-hydrogen) atoms. The number of rotatable bonds is 4. The number of imidazole rings is 1. The molecule has 0 aliphatic rings. The third-order valence-electron chi connectivity index (χ3n) is 3.36. The van der Waals surface area contributed by atoms with E-state index in [-0.39, 0.29) is 5.69 Å². The van der Waals surface area contributed by atoms with Crippen molar-refractivity contribution >= 4 is 16.9 Å². The van der Waals surface area contributed by atoms with Gasteiger partial charge in [0.25, 0.3) is 0 Å². The Labute approximate surface area is 121 Å². The summed E-state index contributed by atoms with van der Waals surface area (Å²) in [6.07, 6.45) is 5.41. The Bertz CT molecular complexity index is 808. The number of fused-ring (bicyclic) bond motifs is 1. The van der Waals surface area contributed by atoms with Crippen LogP contribution in [0, 0.1) is 0 Å². The summed E-state index contributed by atoms with van der Waals surface area (Å²) in [6, 6.07) is 9.14. The Hall–Kier alpha value is -2.69. The van der Waals surface area contributed by atoms with E-state index >= 15 is 0 Å². The van der Waals surface area contributed by atoms with Gasteiger partial charge in [0.05, 0.1) is 11.2 Å². The molecule has 0 aliphatic heterocycles. The molecule has 2 aromatic heterocycles. The van der Waals surface area contributed by atoms with Gasteiger partial charge in [-0.15, -0.1) is 0 Å². The van der Waals surface area contributed by atoms with Crippen LogP contribution < -0.4 is 0 Å². The number of carbonyl (C=O) groups is 1. The Kier molecular flexibility index (Phi) is 3.39. The van der Waals surface area contributed by atoms with Crippen LogP contribution in [0.4, 0.5) is 0 Å². The molecule has 0 bridgehead atoms. The second-order valence-electron chi connectivity index (χ2n) is 4.81. The van der Waals surface area contributed by atoms with Crippen molar-refractivity contribution in [2.24, 2.45) is 0 Å². The maximum Gasteiger partial charge on any atom is 0.354 e. The summed E-state index contributed by atoms with van der Waals surface area (Å²) in [7, 11) is 0. The number of hydrogen-bond donors (Lipinski definition) is 1. The minimum atomic E-state index is -1.03. The summed E-state index contributed by atoms with van der Waals surface area (Å²) in [5.74, 6) is -0.107. The first-order valence-electron chi connectivity index (χ1n) is 6.86. The molecule has 1 aromatic carbocycles. The number of hydrogen-bond acceptors (Lipinski definition) is 3. The van der Waals surface area contributed by atoms with Gasteiger partial charge < -0.3 is 9.67 Å². The number of aryl methyl sites for hydroxylation is 1. The van der Waals surface area contributed by atoms with Crippen LogP contribution in [0.1, 0.15) is 29.7 Å². The van der Waals surface area contributed by atoms with Gasteiger partial charge in [0, 0.05) is 24.2 Å². The zero-order valence-corrected chi connectivity index (χ0v) is 11.7. The number of nitrogens with zero attached hydrogens (tertiary/aromatic N) is 3. The lowest BCUT2D eigenvalue weighted by Gasteiger charge is -2.11. The van der Waals surface area contributed by atoms with Crippen LogP contribution in [-0.4, -0.2) is 25.6 Å². The quantitative estimate of drug-likeness (QED) is 0.798. The smallest absolute Gasteiger partial charge is 0.354 e. The molecule has 0 fully saturated rings. The molecule has 0 unspecified atom stereocenters. The largest absolute Gasteiger partial charge is 0.477 e. The average molecular weight is 281 g/mol. The molecule has 0 saturated heterocycles. The predicted octanol–water partition coefficient (Wildman–Crippen LogP) is 3.07. The van der Waals surface area contributed by atoms with Gasteiger partial charge in [-0.25, -0.2) is 14.8 Å². The highest BCUT2D eigenvalue weighted by atomic mass is 16.4. The molecule has 106 valence electrons. The Morgan fingerprint density at radius 2 is 2.14 bits per heavy atom. The van der Waals surface area contributed by atoms with Crippen LogP contribution in [0.2, 0.25) is 0 Å². The predicted molar refractivity (Wildman–Crippen MR) is 79.8 cm³/mol. The van der Waals surface area contributed by atoms with E-state index in [9.17, 15) is 9.90 Å². The molecular weight excluding hydrogens is 266 g/mol. The standard InChI is InChI=1S/C16H15N3O2/c1-2-5-15-17-8-9-19(15)14-10-13(16(20)21)18-12-7-4-3-6-11(12)14/h3-4,6-10H,2,5H2,1H3,(H,20,21). The zero-order valence-electron chi connectivity index (χ0n) is 11.7. The summed E-state index contributed by atoms with van der Waals surface area (Å²) in [4.78, 5) is 19.8. The van der Waals surface area contributed by atoms with E-state index in [1.165, 1.54) is 0 Å². The van der Waals surface area contributed by atoms with E-state index in [1.54, 1.807) is 12.3 Å². The van der Waals surface area contributed by atoms with Gasteiger partial charge in [0.1, 0.15) is 5.82 Å². The highest BCUT2D eigenvalue weighted by Crippen LogP contribution is 2.23. The van der Waals surface area contributed by atoms with Gasteiger partial charge in [0.2, 0.25) is 0 Å². The molecule has 0 radical (unpaired) electrons. The van der Waals surface area contributed by atoms with Crippen LogP contribution in [-0.2, 0) is 6.42 Å². The number of carboxylic acid groups (broad SMARTS) is 1. The van der Waals surface area contributed by atoms with E-state index in [2.05, 4.69) is 16.9 Å². The fraction of sp³-hybridized carbons (Fsp3) is 0.188. The van der Waals surface area contributed by atoms with Crippen molar-refractivity contribution < 1.29 is 9.90 Å². The van der Waals surface area contributed by atoms with Gasteiger partial charge in [-0.3, -0.25) is 0 Å². The van der Waals surface area contributed by atoms with Crippen LogP contribution in [0.3, 0.4) is 0 Å². The molecule has 0 amide bonds. The fourth-order valence-corrected chi connectivity index (χ4v) is 2.43. The second kappa shape index (κ2) is 5.36. The molecule has 0 saturated carbocycles. The third-order valence-corrected chi connectivity index (χ3v) is 3.36. The molecule has 3 aromatic rings. The number of aromatic nitrogens is 3. The highest BCUT2D eigenvalue weighted by Gasteiger charge is 2.13. The van der Waals surface area contributed by atoms with Gasteiger partial charge >= 0.3 is 5.97 Å². The van der Waals surface area contributed by atoms with Crippen molar-refractivity contribution in [1.29, 1.82) is 0 Å². The number of benzene rings is 1. The van der Waals surface area contributed by atoms with E-state index in [4.69, 9.17) is 0 Å². The minimum Gasteiger partial charge on any atom is -0.477 e. The first-order chi connectivity index (χ1) is 10.2. The molecule has 1 N–H and O–H groups in total. The second-order valence-corrected chi connectivity index (χ2v) is 4.81. The van der Waals surface area contributed by atoms with E-state index < -0.39 is 5.97 Å². The molecule has 2 heterocycles. The molecule has 0 atom stereocenters. The molecule has 5 nitrogen and oxygen atoms in total. The molecule has 5 heteroatoms. The van der Waals surface area contributed by atoms with Crippen molar-refractivity contribution in [3.8, 4) is 5.69 Å². The SMILES string of the molecule is CCCc1nccn1-c1cc(C(=O)O)nc2ccccc12. The molecule has 3 rings (SSSR count). The fourth-order valence-electron chi connectivity index (χ4n) is 2.43. The first kappa shape index (κ1) is 13.3. The topological polar surface area (TPSA) is 68.0 Å². The third kappa shape index (κ3) is 2.38. The Balaban J connectivity index is 2.29. The summed E-state index contributed by atoms with van der Waals surface area (Å²) >= 11 is 0. The summed E-state index contributed by atoms with van der Waals surface area (Å²) in [5.41, 5.74) is 1.52. The normalized spacial score (nSPS) is 10.9. The monoisotopic (exact) mass is 281 g/mol. The molecule has 0 spiro atoms. The van der Waals surface area contributed by atoms with Crippen molar-refractivity contribution in [3.63, 3.8) is 0 Å². The first-order valence-corrected chi connectivity index (χ1v) is 6.86. The van der Waals surface area contributed by atoms with Gasteiger partial charge in [-0.05, 0) is 18.6 Å². The van der Waals surface area contributed by atoms with Gasteiger partial charge in [0.15, 0.2) is 5.69 Å².